The van der Waals surface area contributed by atoms with Crippen LogP contribution in [-0.2, 0) is 0 Å². The van der Waals surface area contributed by atoms with Crippen LogP contribution in [0.2, 0.25) is 0 Å². The summed E-state index contributed by atoms with van der Waals surface area (Å²) in [5.41, 5.74) is 2.28. The molecule has 0 fully saturated rings. The molecule has 0 aliphatic heterocycles. The molecule has 0 atom stereocenters. The maximum atomic E-state index is 14.1. The van der Waals surface area contributed by atoms with Gasteiger partial charge in [-0.05, 0) is 42.5 Å². The van der Waals surface area contributed by atoms with Crippen molar-refractivity contribution in [2.24, 2.45) is 0 Å². The van der Waals surface area contributed by atoms with E-state index in [4.69, 9.17) is 0 Å². The van der Waals surface area contributed by atoms with Crippen molar-refractivity contribution in [1.82, 2.24) is 4.40 Å². The van der Waals surface area contributed by atoms with Gasteiger partial charge in [-0.15, -0.1) is 0 Å². The maximum Gasteiger partial charge on any atom is 0.198 e. The van der Waals surface area contributed by atoms with Crippen LogP contribution in [0.4, 0.5) is 4.39 Å². The first-order valence-electron chi connectivity index (χ1n) is 7.42. The van der Waals surface area contributed by atoms with E-state index >= 15 is 0 Å². The molecule has 0 radical (unpaired) electrons. The number of nitriles is 1. The van der Waals surface area contributed by atoms with Crippen LogP contribution in [0, 0.1) is 17.1 Å². The standard InChI is InChI=1S/C20H11FN2O/c21-18-6-2-1-5-16(18)20(24)17-11-13(12-22)10-14-7-8-15-4-3-9-23(15)19(14)17/h1-11H. The maximum absolute atomic E-state index is 14.1. The molecule has 4 rings (SSSR count). The van der Waals surface area contributed by atoms with Crippen LogP contribution in [0.1, 0.15) is 21.5 Å². The Hall–Kier alpha value is -3.45. The first kappa shape index (κ1) is 14.2. The fourth-order valence-electron chi connectivity index (χ4n) is 2.99. The van der Waals surface area contributed by atoms with Gasteiger partial charge in [0.2, 0.25) is 0 Å². The second-order valence-corrected chi connectivity index (χ2v) is 5.52. The van der Waals surface area contributed by atoms with Crippen molar-refractivity contribution in [3.8, 4) is 6.07 Å². The summed E-state index contributed by atoms with van der Waals surface area (Å²) >= 11 is 0. The van der Waals surface area contributed by atoms with Crippen molar-refractivity contribution in [3.05, 3.63) is 89.4 Å². The molecule has 0 saturated carbocycles. The quantitative estimate of drug-likeness (QED) is 0.517. The molecule has 0 amide bonds. The van der Waals surface area contributed by atoms with Crippen molar-refractivity contribution in [2.45, 2.75) is 0 Å². The average Bonchev–Trinajstić information content (AvgIpc) is 3.09. The molecule has 0 aliphatic carbocycles. The van der Waals surface area contributed by atoms with Crippen molar-refractivity contribution < 1.29 is 9.18 Å². The smallest absolute Gasteiger partial charge is 0.198 e. The van der Waals surface area contributed by atoms with Crippen LogP contribution in [0.5, 0.6) is 0 Å². The number of aromatic nitrogens is 1. The second-order valence-electron chi connectivity index (χ2n) is 5.52. The third-order valence-corrected chi connectivity index (χ3v) is 4.09. The molecule has 2 heterocycles. The minimum Gasteiger partial charge on any atom is -0.316 e. The summed E-state index contributed by atoms with van der Waals surface area (Å²) in [6.07, 6.45) is 1.85. The molecule has 3 nitrogen and oxygen atoms in total. The molecule has 0 saturated heterocycles. The average molecular weight is 314 g/mol. The number of carbonyl (C=O) groups is 1. The lowest BCUT2D eigenvalue weighted by molar-refractivity contribution is 0.103. The van der Waals surface area contributed by atoms with Gasteiger partial charge in [-0.25, -0.2) is 4.39 Å². The minimum atomic E-state index is -0.572. The molecular formula is C20H11FN2O. The molecule has 2 aromatic heterocycles. The first-order chi connectivity index (χ1) is 11.7. The van der Waals surface area contributed by atoms with Gasteiger partial charge < -0.3 is 4.40 Å². The number of rotatable bonds is 2. The van der Waals surface area contributed by atoms with Crippen LogP contribution in [0.3, 0.4) is 0 Å². The van der Waals surface area contributed by atoms with Crippen LogP contribution in [0.15, 0.2) is 66.9 Å². The van der Waals surface area contributed by atoms with Crippen molar-refractivity contribution in [2.75, 3.05) is 0 Å². The van der Waals surface area contributed by atoms with E-state index in [9.17, 15) is 14.4 Å². The molecule has 0 aliphatic rings. The third kappa shape index (κ3) is 2.07. The molecular weight excluding hydrogens is 303 g/mol. The van der Waals surface area contributed by atoms with Gasteiger partial charge >= 0.3 is 0 Å². The monoisotopic (exact) mass is 314 g/mol. The number of carbonyl (C=O) groups excluding carboxylic acids is 1. The van der Waals surface area contributed by atoms with E-state index in [1.54, 1.807) is 18.2 Å². The number of halogens is 1. The summed E-state index contributed by atoms with van der Waals surface area (Å²) in [6.45, 7) is 0. The lowest BCUT2D eigenvalue weighted by Crippen LogP contribution is -2.07. The van der Waals surface area contributed by atoms with Gasteiger partial charge in [-0.1, -0.05) is 18.2 Å². The Kier molecular flexibility index (Phi) is 3.14. The highest BCUT2D eigenvalue weighted by molar-refractivity contribution is 6.16. The molecule has 0 N–H and O–H groups in total. The number of benzene rings is 2. The predicted octanol–water partition coefficient (Wildman–Crippen LogP) is 4.33. The van der Waals surface area contributed by atoms with Crippen LogP contribution >= 0.6 is 0 Å². The molecule has 4 heteroatoms. The molecule has 114 valence electrons. The topological polar surface area (TPSA) is 45.3 Å². The highest BCUT2D eigenvalue weighted by atomic mass is 19.1. The zero-order valence-electron chi connectivity index (χ0n) is 12.5. The van der Waals surface area contributed by atoms with Gasteiger partial charge in [0, 0.05) is 22.7 Å². The summed E-state index contributed by atoms with van der Waals surface area (Å²) < 4.78 is 15.9. The van der Waals surface area contributed by atoms with E-state index in [0.29, 0.717) is 16.6 Å². The molecule has 2 aromatic carbocycles. The zero-order valence-corrected chi connectivity index (χ0v) is 12.5. The van der Waals surface area contributed by atoms with E-state index in [1.807, 2.05) is 34.9 Å². The number of hydrogen-bond donors (Lipinski definition) is 0. The Morgan fingerprint density at radius 1 is 1.00 bits per heavy atom. The molecule has 24 heavy (non-hydrogen) atoms. The van der Waals surface area contributed by atoms with Crippen LogP contribution in [-0.4, -0.2) is 10.2 Å². The van der Waals surface area contributed by atoms with Gasteiger partial charge in [-0.2, -0.15) is 5.26 Å². The third-order valence-electron chi connectivity index (χ3n) is 4.09. The van der Waals surface area contributed by atoms with Crippen molar-refractivity contribution in [1.29, 1.82) is 5.26 Å². The SMILES string of the molecule is N#Cc1cc(C(=O)c2ccccc2F)c2c(ccc3cccn32)c1. The van der Waals surface area contributed by atoms with Crippen LogP contribution in [0.25, 0.3) is 16.4 Å². The first-order valence-corrected chi connectivity index (χ1v) is 7.42. The van der Waals surface area contributed by atoms with E-state index in [-0.39, 0.29) is 5.56 Å². The molecule has 0 unspecified atom stereocenters. The fraction of sp³-hybridized carbons (Fsp3) is 0. The van der Waals surface area contributed by atoms with Gasteiger partial charge in [0.25, 0.3) is 0 Å². The zero-order chi connectivity index (χ0) is 16.7. The summed E-state index contributed by atoms with van der Waals surface area (Å²) in [5.74, 6) is -1.01. The number of nitrogens with zero attached hydrogens (tertiary/aromatic N) is 2. The highest BCUT2D eigenvalue weighted by Crippen LogP contribution is 2.26. The molecule has 4 aromatic rings. The summed E-state index contributed by atoms with van der Waals surface area (Å²) in [4.78, 5) is 13.0. The van der Waals surface area contributed by atoms with Gasteiger partial charge in [0.05, 0.1) is 22.7 Å². The number of ketones is 1. The lowest BCUT2D eigenvalue weighted by Gasteiger charge is -2.10. The number of hydrogen-bond acceptors (Lipinski definition) is 2. The molecule has 0 spiro atoms. The van der Waals surface area contributed by atoms with Gasteiger partial charge in [0.15, 0.2) is 5.78 Å². The van der Waals surface area contributed by atoms with E-state index in [0.717, 1.165) is 10.9 Å². The van der Waals surface area contributed by atoms with E-state index < -0.39 is 11.6 Å². The van der Waals surface area contributed by atoms with Gasteiger partial charge in [0.1, 0.15) is 5.82 Å². The number of pyridine rings is 1. The number of fused-ring (bicyclic) bond motifs is 3. The Morgan fingerprint density at radius 3 is 2.62 bits per heavy atom. The highest BCUT2D eigenvalue weighted by Gasteiger charge is 2.19. The van der Waals surface area contributed by atoms with Gasteiger partial charge in [-0.3, -0.25) is 4.79 Å². The summed E-state index contributed by atoms with van der Waals surface area (Å²) in [5, 5.41) is 10.0. The summed E-state index contributed by atoms with van der Waals surface area (Å²) in [6, 6.07) is 18.8. The van der Waals surface area contributed by atoms with E-state index in [1.165, 1.54) is 18.2 Å². The Labute approximate surface area is 137 Å². The van der Waals surface area contributed by atoms with Crippen LogP contribution < -0.4 is 0 Å². The lowest BCUT2D eigenvalue weighted by atomic mass is 9.97. The fourth-order valence-corrected chi connectivity index (χ4v) is 2.99. The van der Waals surface area contributed by atoms with Crippen molar-refractivity contribution >= 4 is 22.2 Å². The van der Waals surface area contributed by atoms with Crippen molar-refractivity contribution in [3.63, 3.8) is 0 Å². The summed E-state index contributed by atoms with van der Waals surface area (Å²) in [7, 11) is 0. The normalized spacial score (nSPS) is 10.8. The Morgan fingerprint density at radius 2 is 1.83 bits per heavy atom. The largest absolute Gasteiger partial charge is 0.316 e. The Balaban J connectivity index is 2.10. The molecule has 0 bridgehead atoms. The van der Waals surface area contributed by atoms with E-state index in [2.05, 4.69) is 6.07 Å². The Bertz CT molecular complexity index is 1150. The second kappa shape index (κ2) is 5.32. The minimum absolute atomic E-state index is 0.00181. The predicted molar refractivity (Wildman–Crippen MR) is 89.5 cm³/mol.